The number of halogens is 1. The molecule has 1 aliphatic heterocycles. The highest BCUT2D eigenvalue weighted by molar-refractivity contribution is 8.08. The molecule has 1 aliphatic rings. The average molecular weight is 542 g/mol. The molecule has 5 rings (SSSR count). The number of rotatable bonds is 5. The molecular formula is C27H28ClN3OS3. The molecule has 0 spiro atoms. The van der Waals surface area contributed by atoms with Crippen molar-refractivity contribution in [2.75, 3.05) is 11.9 Å². The van der Waals surface area contributed by atoms with Crippen molar-refractivity contribution in [2.24, 2.45) is 0 Å². The number of thioether (sulfide) groups is 1. The molecule has 0 saturated carbocycles. The van der Waals surface area contributed by atoms with E-state index >= 15 is 0 Å². The van der Waals surface area contributed by atoms with Crippen molar-refractivity contribution in [1.82, 2.24) is 4.57 Å². The van der Waals surface area contributed by atoms with Gasteiger partial charge in [-0.3, -0.25) is 9.36 Å². The second kappa shape index (κ2) is 10.7. The Morgan fingerprint density at radius 3 is 2.69 bits per heavy atom. The van der Waals surface area contributed by atoms with Crippen molar-refractivity contribution in [3.8, 4) is 0 Å². The highest BCUT2D eigenvalue weighted by Crippen LogP contribution is 2.45. The molecule has 2 aromatic carbocycles. The summed E-state index contributed by atoms with van der Waals surface area (Å²) in [5, 5.41) is 4.32. The Morgan fingerprint density at radius 2 is 1.91 bits per heavy atom. The first kappa shape index (κ1) is 25.8. The summed E-state index contributed by atoms with van der Waals surface area (Å²) < 4.78 is 6.02. The number of anilines is 1. The zero-order valence-electron chi connectivity index (χ0n) is 20.2. The van der Waals surface area contributed by atoms with Crippen LogP contribution in [0.4, 0.5) is 5.69 Å². The maximum absolute atomic E-state index is 13.4. The van der Waals surface area contributed by atoms with E-state index in [0.29, 0.717) is 6.54 Å². The molecule has 0 amide bonds. The van der Waals surface area contributed by atoms with E-state index in [2.05, 4.69) is 90.5 Å². The zero-order chi connectivity index (χ0) is 23.8. The molecule has 35 heavy (non-hydrogen) atoms. The van der Waals surface area contributed by atoms with Gasteiger partial charge in [0.25, 0.3) is 10.6 Å². The molecule has 4 nitrogen and oxygen atoms in total. The molecule has 3 heterocycles. The standard InChI is InChI=1S/C27H28N3OS3.ClH/c1-5-30-24(17-23-29(14-15-32-23)13-12-20-9-7-6-8-19(20)3)34-25(26(30)31)27-28(4)21-11-10-18(2)16-22(21)33-27;/h6-11,14-17H,5,12-13H2,1-4H3;1H/q+1;/p-1/b27-25+;. The highest BCUT2D eigenvalue weighted by atomic mass is 35.5. The molecule has 0 aliphatic carbocycles. The third-order valence-electron chi connectivity index (χ3n) is 6.25. The van der Waals surface area contributed by atoms with Gasteiger partial charge in [0.15, 0.2) is 12.7 Å². The molecule has 182 valence electrons. The Labute approximate surface area is 224 Å². The van der Waals surface area contributed by atoms with E-state index in [4.69, 9.17) is 0 Å². The lowest BCUT2D eigenvalue weighted by atomic mass is 10.1. The van der Waals surface area contributed by atoms with Crippen LogP contribution in [0.15, 0.2) is 63.7 Å². The molecule has 0 unspecified atom stereocenters. The van der Waals surface area contributed by atoms with E-state index in [1.54, 1.807) is 34.4 Å². The van der Waals surface area contributed by atoms with E-state index < -0.39 is 0 Å². The number of thiazole rings is 2. The van der Waals surface area contributed by atoms with Gasteiger partial charge in [0, 0.05) is 24.9 Å². The summed E-state index contributed by atoms with van der Waals surface area (Å²) in [4.78, 5) is 16.8. The fraction of sp³-hybridized carbons (Fsp3) is 0.259. The van der Waals surface area contributed by atoms with Gasteiger partial charge < -0.3 is 17.3 Å². The van der Waals surface area contributed by atoms with Crippen molar-refractivity contribution in [1.29, 1.82) is 0 Å². The second-order valence-corrected chi connectivity index (χ2v) is 11.5. The van der Waals surface area contributed by atoms with Crippen LogP contribution in [0.3, 0.4) is 0 Å². The Bertz CT molecular complexity index is 1550. The van der Waals surface area contributed by atoms with Crippen LogP contribution in [0.2, 0.25) is 0 Å². The Kier molecular flexibility index (Phi) is 7.91. The molecule has 2 aromatic heterocycles. The number of benzene rings is 2. The van der Waals surface area contributed by atoms with Crippen LogP contribution >= 0.6 is 34.4 Å². The molecule has 0 N–H and O–H groups in total. The van der Waals surface area contributed by atoms with Crippen LogP contribution in [0.25, 0.3) is 11.1 Å². The summed E-state index contributed by atoms with van der Waals surface area (Å²) in [6.45, 7) is 7.90. The maximum atomic E-state index is 13.4. The van der Waals surface area contributed by atoms with Crippen LogP contribution in [-0.4, -0.2) is 11.6 Å². The van der Waals surface area contributed by atoms with E-state index in [1.165, 1.54) is 32.3 Å². The molecular weight excluding hydrogens is 514 g/mol. The second-order valence-electron chi connectivity index (χ2n) is 8.51. The van der Waals surface area contributed by atoms with Gasteiger partial charge in [-0.15, -0.1) is 11.3 Å². The lowest BCUT2D eigenvalue weighted by Crippen LogP contribution is -3.00. The molecule has 4 aromatic rings. The predicted octanol–water partition coefficient (Wildman–Crippen LogP) is 1.28. The third kappa shape index (κ3) is 5.00. The van der Waals surface area contributed by atoms with Gasteiger partial charge in [0.1, 0.15) is 14.2 Å². The minimum atomic E-state index is 0. The van der Waals surface area contributed by atoms with Gasteiger partial charge >= 0.3 is 0 Å². The average Bonchev–Trinajstić information content (AvgIpc) is 3.49. The van der Waals surface area contributed by atoms with Crippen molar-refractivity contribution in [3.63, 3.8) is 0 Å². The topological polar surface area (TPSA) is 29.1 Å². The van der Waals surface area contributed by atoms with Crippen LogP contribution in [-0.2, 0) is 19.5 Å². The van der Waals surface area contributed by atoms with Crippen molar-refractivity contribution in [2.45, 2.75) is 45.2 Å². The summed E-state index contributed by atoms with van der Waals surface area (Å²) >= 11 is 5.02. The van der Waals surface area contributed by atoms with E-state index in [9.17, 15) is 4.79 Å². The van der Waals surface area contributed by atoms with Crippen LogP contribution in [0.1, 0.15) is 28.6 Å². The quantitative estimate of drug-likeness (QED) is 0.357. The normalized spacial score (nSPS) is 14.9. The molecule has 0 radical (unpaired) electrons. The van der Waals surface area contributed by atoms with Crippen LogP contribution in [0, 0.1) is 13.8 Å². The monoisotopic (exact) mass is 541 g/mol. The predicted molar refractivity (Wildman–Crippen MR) is 145 cm³/mol. The molecule has 0 saturated heterocycles. The van der Waals surface area contributed by atoms with E-state index in [1.807, 2.05) is 11.5 Å². The molecule has 8 heteroatoms. The first-order valence-electron chi connectivity index (χ1n) is 11.5. The van der Waals surface area contributed by atoms with Crippen molar-refractivity contribution in [3.05, 3.63) is 95.3 Å². The smallest absolute Gasteiger partial charge is 0.271 e. The fourth-order valence-corrected chi connectivity index (χ4v) is 7.72. The van der Waals surface area contributed by atoms with Gasteiger partial charge in [-0.2, -0.15) is 4.57 Å². The number of fused-ring (bicyclic) bond motifs is 1. The number of nitrogens with zero attached hydrogens (tertiary/aromatic N) is 3. The van der Waals surface area contributed by atoms with Gasteiger partial charge in [-0.25, -0.2) is 0 Å². The summed E-state index contributed by atoms with van der Waals surface area (Å²) in [6.07, 6.45) is 5.31. The Morgan fingerprint density at radius 1 is 1.11 bits per heavy atom. The first-order chi connectivity index (χ1) is 16.5. The maximum Gasteiger partial charge on any atom is 0.271 e. The molecule has 0 atom stereocenters. The van der Waals surface area contributed by atoms with Gasteiger partial charge in [-0.1, -0.05) is 53.4 Å². The van der Waals surface area contributed by atoms with Crippen molar-refractivity contribution < 1.29 is 17.0 Å². The largest absolute Gasteiger partial charge is 1.00 e. The Hall–Kier alpha value is -2.32. The summed E-state index contributed by atoms with van der Waals surface area (Å²) in [6, 6.07) is 15.0. The summed E-state index contributed by atoms with van der Waals surface area (Å²) in [7, 11) is 2.06. The summed E-state index contributed by atoms with van der Waals surface area (Å²) in [5.41, 5.74) is 5.21. The number of aromatic nitrogens is 2. The molecule has 0 bridgehead atoms. The van der Waals surface area contributed by atoms with Crippen molar-refractivity contribution >= 4 is 51.2 Å². The molecule has 0 fully saturated rings. The van der Waals surface area contributed by atoms with E-state index in [0.717, 1.165) is 27.2 Å². The fourth-order valence-electron chi connectivity index (χ4n) is 4.28. The third-order valence-corrected chi connectivity index (χ3v) is 9.57. The number of aryl methyl sites for hydroxylation is 4. The number of hydrogen-bond acceptors (Lipinski definition) is 5. The lowest BCUT2D eigenvalue weighted by Gasteiger charge is -2.12. The highest BCUT2D eigenvalue weighted by Gasteiger charge is 2.25. The zero-order valence-corrected chi connectivity index (χ0v) is 23.5. The van der Waals surface area contributed by atoms with Crippen LogP contribution in [0.5, 0.6) is 0 Å². The summed E-state index contributed by atoms with van der Waals surface area (Å²) in [5.74, 6) is 0. The SMILES string of the molecule is CCn1c(=O)/c(=C2\Sc3cc(C)ccc3N2C)s/c1=C\c1scc[n+]1CCc1ccccc1C.[Cl-]. The van der Waals surface area contributed by atoms with Gasteiger partial charge in [-0.05, 0) is 49.6 Å². The van der Waals surface area contributed by atoms with E-state index in [-0.39, 0.29) is 18.0 Å². The van der Waals surface area contributed by atoms with Gasteiger partial charge in [0.2, 0.25) is 0 Å². The number of hydrogen-bond donors (Lipinski definition) is 0. The lowest BCUT2D eigenvalue weighted by molar-refractivity contribution is -0.693. The van der Waals surface area contributed by atoms with Gasteiger partial charge in [0.05, 0.1) is 17.1 Å². The minimum Gasteiger partial charge on any atom is -1.00 e. The van der Waals surface area contributed by atoms with Crippen LogP contribution < -0.4 is 36.6 Å². The first-order valence-corrected chi connectivity index (χ1v) is 14.0. The minimum absolute atomic E-state index is 0. The Balaban J connectivity index is 0.00000289.